The van der Waals surface area contributed by atoms with Crippen molar-refractivity contribution in [2.24, 2.45) is 0 Å². The molecule has 0 spiro atoms. The van der Waals surface area contributed by atoms with E-state index in [2.05, 4.69) is 0 Å². The number of carboxylic acid groups (broad SMARTS) is 8. The van der Waals surface area contributed by atoms with Crippen LogP contribution in [-0.4, -0.2) is 199 Å². The van der Waals surface area contributed by atoms with Crippen molar-refractivity contribution < 1.29 is 88.7 Å². The van der Waals surface area contributed by atoms with Gasteiger partial charge in [-0.05, 0) is 0 Å². The Morgan fingerprint density at radius 2 is 0.659 bits per heavy atom. The summed E-state index contributed by atoms with van der Waals surface area (Å²) < 4.78 is 10.3. The SMILES string of the molecule is O=C(O)CN(CCN(CC(=O)O)C(OCCOC(C(=O)O)N(CCN(CC(=O)O)CC(=O)O)CC(=O)O)C(=O)O)CC(=O)O. The lowest BCUT2D eigenvalue weighted by atomic mass is 10.3. The smallest absolute Gasteiger partial charge is 0.348 e. The summed E-state index contributed by atoms with van der Waals surface area (Å²) in [5.41, 5.74) is 0. The normalized spacial score (nSPS) is 12.7. The Bertz CT molecular complexity index is 927. The van der Waals surface area contributed by atoms with Crippen molar-refractivity contribution in [2.45, 2.75) is 12.5 Å². The highest BCUT2D eigenvalue weighted by atomic mass is 16.6. The fraction of sp³-hybridized carbons (Fsp3) is 0.636. The second kappa shape index (κ2) is 20.4. The van der Waals surface area contributed by atoms with Gasteiger partial charge in [-0.15, -0.1) is 0 Å². The number of aliphatic carboxylic acids is 8. The molecule has 2 atom stereocenters. The third kappa shape index (κ3) is 18.1. The first-order valence-electron chi connectivity index (χ1n) is 12.3. The molecule has 0 radical (unpaired) electrons. The quantitative estimate of drug-likeness (QED) is 0.0309. The Morgan fingerprint density at radius 1 is 0.409 bits per heavy atom. The maximum Gasteiger partial charge on any atom is 0.348 e. The summed E-state index contributed by atoms with van der Waals surface area (Å²) in [6.07, 6.45) is -4.02. The van der Waals surface area contributed by atoms with Gasteiger partial charge in [0, 0.05) is 26.2 Å². The molecule has 250 valence electrons. The fourth-order valence-corrected chi connectivity index (χ4v) is 3.62. The molecule has 0 heterocycles. The minimum Gasteiger partial charge on any atom is -0.480 e. The van der Waals surface area contributed by atoms with Gasteiger partial charge in [0.15, 0.2) is 0 Å². The Labute approximate surface area is 247 Å². The number of rotatable bonds is 27. The van der Waals surface area contributed by atoms with Crippen LogP contribution in [0.5, 0.6) is 0 Å². The summed E-state index contributed by atoms with van der Waals surface area (Å²) in [7, 11) is 0. The van der Waals surface area contributed by atoms with Crippen LogP contribution in [0.1, 0.15) is 0 Å². The molecule has 22 nitrogen and oxygen atoms in total. The number of hydrogen-bond donors (Lipinski definition) is 8. The van der Waals surface area contributed by atoms with Crippen molar-refractivity contribution in [1.82, 2.24) is 19.6 Å². The van der Waals surface area contributed by atoms with E-state index in [9.17, 15) is 58.8 Å². The van der Waals surface area contributed by atoms with Crippen LogP contribution in [0.15, 0.2) is 0 Å². The summed E-state index contributed by atoms with van der Waals surface area (Å²) in [4.78, 5) is 93.5. The van der Waals surface area contributed by atoms with Crippen LogP contribution in [0.4, 0.5) is 0 Å². The maximum atomic E-state index is 11.8. The van der Waals surface area contributed by atoms with Gasteiger partial charge in [0.25, 0.3) is 0 Å². The average molecular weight is 643 g/mol. The molecule has 0 aromatic heterocycles. The molecule has 0 bridgehead atoms. The summed E-state index contributed by atoms with van der Waals surface area (Å²) >= 11 is 0. The monoisotopic (exact) mass is 642 g/mol. The van der Waals surface area contributed by atoms with Gasteiger partial charge in [-0.1, -0.05) is 0 Å². The minimum absolute atomic E-state index is 0.401. The number of ether oxygens (including phenoxy) is 2. The van der Waals surface area contributed by atoms with E-state index < -0.39 is 139 Å². The first kappa shape index (κ1) is 39.5. The lowest BCUT2D eigenvalue weighted by molar-refractivity contribution is -0.180. The van der Waals surface area contributed by atoms with E-state index >= 15 is 0 Å². The van der Waals surface area contributed by atoms with E-state index in [0.29, 0.717) is 0 Å². The lowest BCUT2D eigenvalue weighted by Gasteiger charge is -2.30. The Morgan fingerprint density at radius 3 is 0.864 bits per heavy atom. The predicted octanol–water partition coefficient (Wildman–Crippen LogP) is -4.44. The molecule has 0 aromatic carbocycles. The number of hydrogen-bond acceptors (Lipinski definition) is 14. The Hall–Kier alpha value is -4.48. The zero-order valence-electron chi connectivity index (χ0n) is 23.1. The molecule has 0 rings (SSSR count). The van der Waals surface area contributed by atoms with Gasteiger partial charge in [-0.2, -0.15) is 0 Å². The molecule has 44 heavy (non-hydrogen) atoms. The first-order chi connectivity index (χ1) is 20.4. The van der Waals surface area contributed by atoms with Gasteiger partial charge < -0.3 is 50.3 Å². The Balaban J connectivity index is 5.57. The maximum absolute atomic E-state index is 11.8. The van der Waals surface area contributed by atoms with Crippen molar-refractivity contribution in [1.29, 1.82) is 0 Å². The van der Waals surface area contributed by atoms with E-state index in [1.807, 2.05) is 0 Å². The van der Waals surface area contributed by atoms with Crippen LogP contribution in [0.3, 0.4) is 0 Å². The number of nitrogens with zero attached hydrogens (tertiary/aromatic N) is 4. The number of carbonyl (C=O) groups is 8. The molecule has 0 aliphatic carbocycles. The zero-order chi connectivity index (χ0) is 34.0. The van der Waals surface area contributed by atoms with Crippen LogP contribution >= 0.6 is 0 Å². The predicted molar refractivity (Wildman–Crippen MR) is 137 cm³/mol. The summed E-state index contributed by atoms with van der Waals surface area (Å²) in [6, 6.07) is 0. The van der Waals surface area contributed by atoms with E-state index in [1.54, 1.807) is 0 Å². The summed E-state index contributed by atoms with van der Waals surface area (Å²) in [5.74, 6) is -12.1. The minimum atomic E-state index is -2.01. The molecular weight excluding hydrogens is 608 g/mol. The third-order valence-electron chi connectivity index (χ3n) is 5.24. The second-order valence-corrected chi connectivity index (χ2v) is 8.85. The molecular formula is C22H34N4O18. The molecule has 0 aromatic rings. The first-order valence-corrected chi connectivity index (χ1v) is 12.3. The van der Waals surface area contributed by atoms with Gasteiger partial charge in [0.2, 0.25) is 12.5 Å². The van der Waals surface area contributed by atoms with Gasteiger partial charge in [-0.3, -0.25) is 48.4 Å². The van der Waals surface area contributed by atoms with E-state index in [4.69, 9.17) is 29.9 Å². The highest BCUT2D eigenvalue weighted by Crippen LogP contribution is 2.07. The molecule has 0 aliphatic heterocycles. The molecule has 0 saturated heterocycles. The third-order valence-corrected chi connectivity index (χ3v) is 5.24. The zero-order valence-corrected chi connectivity index (χ0v) is 23.1. The molecule has 0 saturated carbocycles. The fourth-order valence-electron chi connectivity index (χ4n) is 3.62. The van der Waals surface area contributed by atoms with Crippen molar-refractivity contribution in [3.05, 3.63) is 0 Å². The molecule has 0 aliphatic rings. The summed E-state index contributed by atoms with van der Waals surface area (Å²) in [6.45, 7) is -8.09. The number of carboxylic acids is 8. The molecule has 22 heteroatoms. The van der Waals surface area contributed by atoms with Crippen LogP contribution < -0.4 is 0 Å². The highest BCUT2D eigenvalue weighted by molar-refractivity contribution is 5.75. The van der Waals surface area contributed by atoms with Crippen molar-refractivity contribution >= 4 is 47.8 Å². The molecule has 2 unspecified atom stereocenters. The van der Waals surface area contributed by atoms with Gasteiger partial charge >= 0.3 is 47.8 Å². The molecule has 0 amide bonds. The van der Waals surface area contributed by atoms with Gasteiger partial charge in [-0.25, -0.2) is 9.59 Å². The summed E-state index contributed by atoms with van der Waals surface area (Å²) in [5, 5.41) is 73.3. The van der Waals surface area contributed by atoms with Crippen LogP contribution in [0.25, 0.3) is 0 Å². The van der Waals surface area contributed by atoms with Gasteiger partial charge in [0.1, 0.15) is 0 Å². The van der Waals surface area contributed by atoms with Crippen molar-refractivity contribution in [3.8, 4) is 0 Å². The largest absolute Gasteiger partial charge is 0.480 e. The average Bonchev–Trinajstić information content (AvgIpc) is 2.84. The molecule has 8 N–H and O–H groups in total. The second-order valence-electron chi connectivity index (χ2n) is 8.85. The highest BCUT2D eigenvalue weighted by Gasteiger charge is 2.31. The van der Waals surface area contributed by atoms with Gasteiger partial charge in [0.05, 0.1) is 52.5 Å². The topological polar surface area (TPSA) is 330 Å². The van der Waals surface area contributed by atoms with E-state index in [-0.39, 0.29) is 0 Å². The van der Waals surface area contributed by atoms with Crippen molar-refractivity contribution in [2.75, 3.05) is 78.7 Å². The van der Waals surface area contributed by atoms with Crippen LogP contribution in [-0.2, 0) is 47.8 Å². The standard InChI is InChI=1S/C22H34N4O18/c27-13(28)7-23(8-14(29)30)1-3-25(11-17(35)36)19(21(39)40)43-5-6-44-20(22(41)42)26(12-18(37)38)4-2-24(9-15(31)32)10-16(33)34/h19-20H,1-12H2,(H,27,28)(H,29,30)(H,31,32)(H,33,34)(H,35,36)(H,37,38)(H,39,40)(H,41,42). The van der Waals surface area contributed by atoms with Crippen LogP contribution in [0, 0.1) is 0 Å². The lowest BCUT2D eigenvalue weighted by Crippen LogP contribution is -2.51. The molecule has 0 fully saturated rings. The van der Waals surface area contributed by atoms with E-state index in [0.717, 1.165) is 19.6 Å². The van der Waals surface area contributed by atoms with Crippen molar-refractivity contribution in [3.63, 3.8) is 0 Å². The van der Waals surface area contributed by atoms with E-state index in [1.165, 1.54) is 0 Å². The Kier molecular flexibility index (Phi) is 18.3. The van der Waals surface area contributed by atoms with Crippen LogP contribution in [0.2, 0.25) is 0 Å².